The van der Waals surface area contributed by atoms with Gasteiger partial charge in [-0.25, -0.2) is 4.79 Å². The minimum Gasteiger partial charge on any atom is -0.465 e. The van der Waals surface area contributed by atoms with Gasteiger partial charge in [0, 0.05) is 5.25 Å². The number of hydrogen-bond donors (Lipinski definition) is 1. The van der Waals surface area contributed by atoms with Gasteiger partial charge in [0.25, 0.3) is 0 Å². The molecule has 1 N–H and O–H groups in total. The minimum absolute atomic E-state index is 0.349. The highest BCUT2D eigenvalue weighted by Gasteiger charge is 2.14. The molecule has 0 aliphatic carbocycles. The minimum atomic E-state index is -0.349. The summed E-state index contributed by atoms with van der Waals surface area (Å²) in [7, 11) is 1.37. The predicted molar refractivity (Wildman–Crippen MR) is 74.1 cm³/mol. The summed E-state index contributed by atoms with van der Waals surface area (Å²) in [6.45, 7) is 5.55. The fourth-order valence-electron chi connectivity index (χ4n) is 1.58. The number of nitrogens with one attached hydrogen (secondary N) is 1. The molecule has 0 aromatic carbocycles. The van der Waals surface area contributed by atoms with Crippen molar-refractivity contribution in [1.82, 2.24) is 5.32 Å². The van der Waals surface area contributed by atoms with Crippen LogP contribution in [0.5, 0.6) is 0 Å². The Morgan fingerprint density at radius 1 is 1.61 bits per heavy atom. The molecule has 1 rings (SSSR count). The number of esters is 1. The zero-order chi connectivity index (χ0) is 13.5. The van der Waals surface area contributed by atoms with E-state index in [1.165, 1.54) is 7.11 Å². The van der Waals surface area contributed by atoms with Gasteiger partial charge >= 0.3 is 5.97 Å². The first kappa shape index (κ1) is 15.1. The molecule has 0 spiro atoms. The van der Waals surface area contributed by atoms with Crippen LogP contribution in [-0.4, -0.2) is 31.1 Å². The maximum atomic E-state index is 11.4. The van der Waals surface area contributed by atoms with Crippen LogP contribution in [0.25, 0.3) is 0 Å². The Labute approximate surface area is 112 Å². The maximum Gasteiger partial charge on any atom is 0.341 e. The van der Waals surface area contributed by atoms with E-state index in [-0.39, 0.29) is 5.97 Å². The average Bonchev–Trinajstić information content (AvgIpc) is 2.74. The van der Waals surface area contributed by atoms with E-state index in [9.17, 15) is 4.79 Å². The largest absolute Gasteiger partial charge is 0.465 e. The lowest BCUT2D eigenvalue weighted by molar-refractivity contribution is 0.0599. The highest BCUT2D eigenvalue weighted by atomic mass is 32.2. The highest BCUT2D eigenvalue weighted by molar-refractivity contribution is 7.99. The molecule has 0 amide bonds. The van der Waals surface area contributed by atoms with Gasteiger partial charge in [0.2, 0.25) is 0 Å². The van der Waals surface area contributed by atoms with Gasteiger partial charge in [0.05, 0.1) is 13.7 Å². The summed E-state index contributed by atoms with van der Waals surface area (Å²) >= 11 is 1.86. The van der Waals surface area contributed by atoms with Crippen molar-refractivity contribution in [3.05, 3.63) is 23.2 Å². The topological polar surface area (TPSA) is 51.5 Å². The van der Waals surface area contributed by atoms with E-state index in [1.807, 2.05) is 11.8 Å². The number of hydrogen-bond acceptors (Lipinski definition) is 5. The zero-order valence-electron chi connectivity index (χ0n) is 11.4. The van der Waals surface area contributed by atoms with Crippen LogP contribution >= 0.6 is 11.8 Å². The van der Waals surface area contributed by atoms with Gasteiger partial charge in [-0.05, 0) is 32.2 Å². The van der Waals surface area contributed by atoms with Crippen LogP contribution in [-0.2, 0) is 11.3 Å². The fourth-order valence-corrected chi connectivity index (χ4v) is 1.93. The molecule has 1 atom stereocenters. The van der Waals surface area contributed by atoms with E-state index in [0.717, 1.165) is 18.7 Å². The van der Waals surface area contributed by atoms with Crippen molar-refractivity contribution in [1.29, 1.82) is 0 Å². The van der Waals surface area contributed by atoms with Gasteiger partial charge in [-0.15, -0.1) is 0 Å². The zero-order valence-corrected chi connectivity index (χ0v) is 12.2. The monoisotopic (exact) mass is 271 g/mol. The summed E-state index contributed by atoms with van der Waals surface area (Å²) in [5, 5.41) is 3.96. The molecule has 1 aromatic rings. The predicted octanol–water partition coefficient (Wildman–Crippen LogP) is 2.61. The molecular formula is C13H21NO3S. The summed E-state index contributed by atoms with van der Waals surface area (Å²) in [6.07, 6.45) is 3.23. The van der Waals surface area contributed by atoms with Gasteiger partial charge in [-0.1, -0.05) is 6.92 Å². The average molecular weight is 271 g/mol. The molecule has 0 radical (unpaired) electrons. The molecule has 1 unspecified atom stereocenters. The smallest absolute Gasteiger partial charge is 0.341 e. The van der Waals surface area contributed by atoms with Gasteiger partial charge in [-0.2, -0.15) is 11.8 Å². The van der Waals surface area contributed by atoms with Crippen LogP contribution in [0.3, 0.4) is 0 Å². The van der Waals surface area contributed by atoms with Gasteiger partial charge in [0.15, 0.2) is 0 Å². The molecule has 0 saturated carbocycles. The maximum absolute atomic E-state index is 11.4. The van der Waals surface area contributed by atoms with E-state index in [1.54, 1.807) is 13.0 Å². The number of ether oxygens (including phenoxy) is 1. The molecule has 0 aliphatic rings. The molecule has 102 valence electrons. The number of aryl methyl sites for hydroxylation is 1. The summed E-state index contributed by atoms with van der Waals surface area (Å²) < 4.78 is 10.2. The Morgan fingerprint density at radius 3 is 2.94 bits per heavy atom. The van der Waals surface area contributed by atoms with Crippen molar-refractivity contribution < 1.29 is 13.9 Å². The van der Waals surface area contributed by atoms with Crippen molar-refractivity contribution in [2.45, 2.75) is 32.1 Å². The number of rotatable bonds is 7. The molecule has 4 nitrogen and oxygen atoms in total. The molecule has 5 heteroatoms. The third-order valence-corrected chi connectivity index (χ3v) is 3.84. The standard InChI is InChI=1S/C13H21NO3S/c1-9(18-4)5-6-14-8-11-7-12(10(2)17-11)13(15)16-3/h7,9,14H,5-6,8H2,1-4H3. The second-order valence-electron chi connectivity index (χ2n) is 4.19. The van der Waals surface area contributed by atoms with Crippen LogP contribution < -0.4 is 5.32 Å². The third-order valence-electron chi connectivity index (χ3n) is 2.80. The molecule has 18 heavy (non-hydrogen) atoms. The van der Waals surface area contributed by atoms with E-state index in [0.29, 0.717) is 23.1 Å². The molecule has 0 aliphatic heterocycles. The SMILES string of the molecule is COC(=O)c1cc(CNCCC(C)SC)oc1C. The highest BCUT2D eigenvalue weighted by Crippen LogP contribution is 2.15. The Morgan fingerprint density at radius 2 is 2.33 bits per heavy atom. The lowest BCUT2D eigenvalue weighted by atomic mass is 10.2. The normalized spacial score (nSPS) is 12.4. The first-order valence-corrected chi connectivity index (χ1v) is 7.28. The number of carbonyl (C=O) groups is 1. The number of thioether (sulfide) groups is 1. The summed E-state index contributed by atoms with van der Waals surface area (Å²) in [6, 6.07) is 1.74. The van der Waals surface area contributed by atoms with Gasteiger partial charge < -0.3 is 14.5 Å². The quantitative estimate of drug-likeness (QED) is 0.610. The summed E-state index contributed by atoms with van der Waals surface area (Å²) in [5.41, 5.74) is 0.506. The first-order chi connectivity index (χ1) is 8.58. The van der Waals surface area contributed by atoms with E-state index in [4.69, 9.17) is 4.42 Å². The van der Waals surface area contributed by atoms with E-state index >= 15 is 0 Å². The number of furan rings is 1. The van der Waals surface area contributed by atoms with Gasteiger partial charge in [-0.3, -0.25) is 0 Å². The molecular weight excluding hydrogens is 250 g/mol. The Balaban J connectivity index is 2.42. The van der Waals surface area contributed by atoms with Gasteiger partial charge in [0.1, 0.15) is 17.1 Å². The van der Waals surface area contributed by atoms with Crippen molar-refractivity contribution in [3.8, 4) is 0 Å². The second-order valence-corrected chi connectivity index (χ2v) is 5.46. The molecule has 1 aromatic heterocycles. The molecule has 0 saturated heterocycles. The van der Waals surface area contributed by atoms with Crippen LogP contribution in [0, 0.1) is 6.92 Å². The fraction of sp³-hybridized carbons (Fsp3) is 0.615. The van der Waals surface area contributed by atoms with Crippen LogP contribution in [0.15, 0.2) is 10.5 Å². The first-order valence-electron chi connectivity index (χ1n) is 5.99. The molecule has 0 fully saturated rings. The lowest BCUT2D eigenvalue weighted by Gasteiger charge is -2.07. The second kappa shape index (κ2) is 7.48. The Kier molecular flexibility index (Phi) is 6.29. The third kappa shape index (κ3) is 4.38. The van der Waals surface area contributed by atoms with Crippen LogP contribution in [0.1, 0.15) is 35.2 Å². The van der Waals surface area contributed by atoms with Crippen LogP contribution in [0.2, 0.25) is 0 Å². The Bertz CT molecular complexity index is 390. The lowest BCUT2D eigenvalue weighted by Crippen LogP contribution is -2.17. The summed E-state index contributed by atoms with van der Waals surface area (Å²) in [5.74, 6) is 1.03. The Hall–Kier alpha value is -0.940. The molecule has 1 heterocycles. The number of carbonyl (C=O) groups excluding carboxylic acids is 1. The van der Waals surface area contributed by atoms with Crippen molar-refractivity contribution in [3.63, 3.8) is 0 Å². The van der Waals surface area contributed by atoms with Crippen molar-refractivity contribution in [2.24, 2.45) is 0 Å². The summed E-state index contributed by atoms with van der Waals surface area (Å²) in [4.78, 5) is 11.4. The van der Waals surface area contributed by atoms with Crippen molar-refractivity contribution in [2.75, 3.05) is 19.9 Å². The number of methoxy groups -OCH3 is 1. The van der Waals surface area contributed by atoms with Crippen molar-refractivity contribution >= 4 is 17.7 Å². The van der Waals surface area contributed by atoms with Crippen LogP contribution in [0.4, 0.5) is 0 Å². The van der Waals surface area contributed by atoms with E-state index in [2.05, 4.69) is 23.2 Å². The molecule has 0 bridgehead atoms. The van der Waals surface area contributed by atoms with E-state index < -0.39 is 0 Å².